The SMILES string of the molecule is Cc1coc(CC(=O)O)c1CC(=O)O. The molecule has 0 aliphatic rings. The molecule has 14 heavy (non-hydrogen) atoms. The maximum absolute atomic E-state index is 10.5. The minimum Gasteiger partial charge on any atom is -0.481 e. The van der Waals surface area contributed by atoms with Gasteiger partial charge in [0.2, 0.25) is 0 Å². The minimum absolute atomic E-state index is 0.203. The predicted octanol–water partition coefficient (Wildman–Crippen LogP) is 0.842. The largest absolute Gasteiger partial charge is 0.481 e. The lowest BCUT2D eigenvalue weighted by Gasteiger charge is -1.97. The molecule has 0 radical (unpaired) electrons. The Morgan fingerprint density at radius 3 is 2.36 bits per heavy atom. The number of aryl methyl sites for hydroxylation is 1. The summed E-state index contributed by atoms with van der Waals surface area (Å²) >= 11 is 0. The molecule has 0 aromatic carbocycles. The average molecular weight is 198 g/mol. The van der Waals surface area contributed by atoms with E-state index in [1.54, 1.807) is 6.92 Å². The lowest BCUT2D eigenvalue weighted by Crippen LogP contribution is -2.06. The summed E-state index contributed by atoms with van der Waals surface area (Å²) in [6.45, 7) is 1.69. The standard InChI is InChI=1S/C9H10O5/c1-5-4-14-7(3-9(12)13)6(5)2-8(10)11/h4H,2-3H2,1H3,(H,10,11)(H,12,13). The van der Waals surface area contributed by atoms with Crippen LogP contribution in [0.2, 0.25) is 0 Å². The Hall–Kier alpha value is -1.78. The number of carbonyl (C=O) groups is 2. The summed E-state index contributed by atoms with van der Waals surface area (Å²) in [7, 11) is 0. The van der Waals surface area contributed by atoms with E-state index in [-0.39, 0.29) is 18.6 Å². The summed E-state index contributed by atoms with van der Waals surface area (Å²) in [4.78, 5) is 20.9. The fourth-order valence-corrected chi connectivity index (χ4v) is 1.20. The number of carboxylic acids is 2. The van der Waals surface area contributed by atoms with Gasteiger partial charge < -0.3 is 14.6 Å². The fourth-order valence-electron chi connectivity index (χ4n) is 1.20. The molecule has 1 rings (SSSR count). The molecule has 0 aliphatic carbocycles. The molecule has 0 atom stereocenters. The Labute approximate surface area is 80.0 Å². The van der Waals surface area contributed by atoms with Crippen LogP contribution in [0.4, 0.5) is 0 Å². The molecule has 0 bridgehead atoms. The number of carboxylic acid groups (broad SMARTS) is 2. The summed E-state index contributed by atoms with van der Waals surface area (Å²) in [5.41, 5.74) is 1.13. The van der Waals surface area contributed by atoms with Crippen molar-refractivity contribution in [2.45, 2.75) is 19.8 Å². The van der Waals surface area contributed by atoms with Crippen LogP contribution in [0.15, 0.2) is 10.7 Å². The molecule has 5 heteroatoms. The van der Waals surface area contributed by atoms with Gasteiger partial charge in [-0.05, 0) is 12.5 Å². The van der Waals surface area contributed by atoms with Gasteiger partial charge in [0, 0.05) is 5.56 Å². The van der Waals surface area contributed by atoms with Gasteiger partial charge in [-0.15, -0.1) is 0 Å². The van der Waals surface area contributed by atoms with Crippen molar-refractivity contribution >= 4 is 11.9 Å². The van der Waals surface area contributed by atoms with Gasteiger partial charge in [0.25, 0.3) is 0 Å². The summed E-state index contributed by atoms with van der Waals surface area (Å²) in [6, 6.07) is 0. The third kappa shape index (κ3) is 2.35. The average Bonchev–Trinajstić information content (AvgIpc) is 2.34. The normalized spacial score (nSPS) is 10.1. The zero-order valence-corrected chi connectivity index (χ0v) is 7.61. The molecule has 0 aliphatic heterocycles. The summed E-state index contributed by atoms with van der Waals surface area (Å²) in [5.74, 6) is -1.82. The van der Waals surface area contributed by atoms with Crippen LogP contribution in [-0.2, 0) is 22.4 Å². The highest BCUT2D eigenvalue weighted by Gasteiger charge is 2.16. The van der Waals surface area contributed by atoms with Gasteiger partial charge in [-0.3, -0.25) is 9.59 Å². The highest BCUT2D eigenvalue weighted by molar-refractivity contribution is 5.73. The van der Waals surface area contributed by atoms with Crippen molar-refractivity contribution in [3.8, 4) is 0 Å². The Kier molecular flexibility index (Phi) is 2.91. The van der Waals surface area contributed by atoms with Gasteiger partial charge in [-0.25, -0.2) is 0 Å². The van der Waals surface area contributed by atoms with Crippen LogP contribution in [-0.4, -0.2) is 22.2 Å². The molecule has 1 aromatic rings. The van der Waals surface area contributed by atoms with Crippen LogP contribution in [0.3, 0.4) is 0 Å². The van der Waals surface area contributed by atoms with Crippen molar-refractivity contribution in [1.82, 2.24) is 0 Å². The van der Waals surface area contributed by atoms with Crippen LogP contribution in [0, 0.1) is 6.92 Å². The molecule has 0 fully saturated rings. The number of hydrogen-bond donors (Lipinski definition) is 2. The molecule has 1 heterocycles. The molecule has 0 amide bonds. The van der Waals surface area contributed by atoms with E-state index in [1.165, 1.54) is 6.26 Å². The van der Waals surface area contributed by atoms with E-state index in [9.17, 15) is 9.59 Å². The van der Waals surface area contributed by atoms with E-state index in [2.05, 4.69) is 0 Å². The van der Waals surface area contributed by atoms with Crippen LogP contribution >= 0.6 is 0 Å². The van der Waals surface area contributed by atoms with Crippen molar-refractivity contribution in [2.24, 2.45) is 0 Å². The number of aliphatic carboxylic acids is 2. The second-order valence-corrected chi connectivity index (χ2v) is 2.96. The number of furan rings is 1. The molecule has 1 aromatic heterocycles. The van der Waals surface area contributed by atoms with E-state index >= 15 is 0 Å². The van der Waals surface area contributed by atoms with Crippen molar-refractivity contribution in [2.75, 3.05) is 0 Å². The second-order valence-electron chi connectivity index (χ2n) is 2.96. The monoisotopic (exact) mass is 198 g/mol. The Bertz CT molecular complexity index is 363. The molecule has 0 saturated carbocycles. The van der Waals surface area contributed by atoms with Gasteiger partial charge in [0.05, 0.1) is 12.7 Å². The van der Waals surface area contributed by atoms with Gasteiger partial charge in [0.15, 0.2) is 0 Å². The topological polar surface area (TPSA) is 87.7 Å². The van der Waals surface area contributed by atoms with Crippen LogP contribution in [0.5, 0.6) is 0 Å². The predicted molar refractivity (Wildman–Crippen MR) is 46.1 cm³/mol. The van der Waals surface area contributed by atoms with E-state index in [0.717, 1.165) is 0 Å². The summed E-state index contributed by atoms with van der Waals surface area (Å²) in [5, 5.41) is 17.1. The maximum atomic E-state index is 10.5. The molecule has 0 spiro atoms. The van der Waals surface area contributed by atoms with Crippen LogP contribution < -0.4 is 0 Å². The molecular weight excluding hydrogens is 188 g/mol. The fraction of sp³-hybridized carbons (Fsp3) is 0.333. The van der Waals surface area contributed by atoms with Crippen molar-refractivity contribution in [3.05, 3.63) is 23.2 Å². The van der Waals surface area contributed by atoms with Crippen molar-refractivity contribution < 1.29 is 24.2 Å². The second kappa shape index (κ2) is 3.95. The Balaban J connectivity index is 2.93. The Morgan fingerprint density at radius 1 is 1.29 bits per heavy atom. The van der Waals surface area contributed by atoms with Gasteiger partial charge in [0.1, 0.15) is 12.2 Å². The van der Waals surface area contributed by atoms with E-state index in [1.807, 2.05) is 0 Å². The van der Waals surface area contributed by atoms with Gasteiger partial charge in [-0.1, -0.05) is 0 Å². The zero-order valence-electron chi connectivity index (χ0n) is 7.61. The summed E-state index contributed by atoms with van der Waals surface area (Å²) in [6.07, 6.45) is 0.887. The maximum Gasteiger partial charge on any atom is 0.311 e. The van der Waals surface area contributed by atoms with Crippen molar-refractivity contribution in [1.29, 1.82) is 0 Å². The third-order valence-corrected chi connectivity index (χ3v) is 1.83. The molecular formula is C9H10O5. The quantitative estimate of drug-likeness (QED) is 0.748. The number of hydrogen-bond acceptors (Lipinski definition) is 3. The highest BCUT2D eigenvalue weighted by atomic mass is 16.4. The molecule has 76 valence electrons. The van der Waals surface area contributed by atoms with Crippen molar-refractivity contribution in [3.63, 3.8) is 0 Å². The highest BCUT2D eigenvalue weighted by Crippen LogP contribution is 2.17. The zero-order chi connectivity index (χ0) is 10.7. The first-order chi connectivity index (χ1) is 6.50. The number of rotatable bonds is 4. The molecule has 2 N–H and O–H groups in total. The van der Waals surface area contributed by atoms with E-state index < -0.39 is 11.9 Å². The first kappa shape index (κ1) is 10.3. The van der Waals surface area contributed by atoms with Gasteiger partial charge in [-0.2, -0.15) is 0 Å². The van der Waals surface area contributed by atoms with E-state index in [0.29, 0.717) is 11.1 Å². The van der Waals surface area contributed by atoms with Crippen LogP contribution in [0.25, 0.3) is 0 Å². The minimum atomic E-state index is -1.04. The smallest absolute Gasteiger partial charge is 0.311 e. The van der Waals surface area contributed by atoms with E-state index in [4.69, 9.17) is 14.6 Å². The first-order valence-corrected chi connectivity index (χ1v) is 4.00. The Morgan fingerprint density at radius 2 is 1.86 bits per heavy atom. The van der Waals surface area contributed by atoms with Crippen LogP contribution in [0.1, 0.15) is 16.9 Å². The molecule has 0 saturated heterocycles. The summed E-state index contributed by atoms with van der Waals surface area (Å²) < 4.78 is 4.96. The lowest BCUT2D eigenvalue weighted by atomic mass is 10.1. The molecule has 0 unspecified atom stereocenters. The third-order valence-electron chi connectivity index (χ3n) is 1.83. The lowest BCUT2D eigenvalue weighted by molar-refractivity contribution is -0.137. The molecule has 5 nitrogen and oxygen atoms in total. The van der Waals surface area contributed by atoms with Gasteiger partial charge >= 0.3 is 11.9 Å². The first-order valence-electron chi connectivity index (χ1n) is 4.00.